The largest absolute Gasteiger partial charge is 0.530 e. The number of fused-ring (bicyclic) bond motifs is 3. The number of benzene rings is 3. The summed E-state index contributed by atoms with van der Waals surface area (Å²) in [7, 11) is -9.36. The molecule has 3 aromatic carbocycles. The summed E-state index contributed by atoms with van der Waals surface area (Å²) in [5.74, 6) is -0.877. The van der Waals surface area contributed by atoms with Crippen LogP contribution in [0.3, 0.4) is 0 Å². The molecule has 0 radical (unpaired) electrons. The zero-order valence-electron chi connectivity index (χ0n) is 77.3. The third-order valence-electron chi connectivity index (χ3n) is 23.1. The van der Waals surface area contributed by atoms with Crippen molar-refractivity contribution in [2.24, 2.45) is 0 Å². The highest BCUT2D eigenvalue weighted by molar-refractivity contribution is 7.49. The molecule has 6 N–H and O–H groups in total. The number of carbonyl (C=O) groups is 1. The molecule has 4 aromatic heterocycles. The van der Waals surface area contributed by atoms with E-state index in [-0.39, 0.29) is 73.4 Å². The van der Waals surface area contributed by atoms with E-state index >= 15 is 0 Å². The summed E-state index contributed by atoms with van der Waals surface area (Å²) in [5, 5.41) is 72.7. The Hall–Kier alpha value is -8.12. The van der Waals surface area contributed by atoms with Crippen molar-refractivity contribution in [3.8, 4) is 30.0 Å². The maximum atomic E-state index is 14.9. The van der Waals surface area contributed by atoms with Crippen LogP contribution >= 0.6 is 27.2 Å². The minimum absolute atomic E-state index is 0.0422. The van der Waals surface area contributed by atoms with Gasteiger partial charge in [-0.2, -0.15) is 31.2 Å². The summed E-state index contributed by atoms with van der Waals surface area (Å²) in [6, 6.07) is 35.0. The van der Waals surface area contributed by atoms with Gasteiger partial charge in [0.15, 0.2) is 17.4 Å². The molecule has 0 spiro atoms. The molecule has 3 saturated heterocycles. The highest BCUT2D eigenvalue weighted by Crippen LogP contribution is 2.55. The number of rotatable bonds is 61. The molecular weight excluding hydrogens is 1740 g/mol. The highest BCUT2D eigenvalue weighted by atomic mass is 35.5. The SMILES string of the molecule is CCCCCCCCCCCCCCCCCCOC[C@H](COP(=O)(O)OC[C@H]1O[C@@](C#N)(c2ccc3c(N)ncnn23)[C@H](O)[C@@H]1O)OCc1ccc(C#N)cc1.CCCCCCCCCCCCCCCCCCOC[C@H](COP(=O)(OC[C@H]1O[C@@](C#N)(c2ccc3c(NC(=O)OC(C)(C)C)ncnn23)[C@@H]2OC(C)(C)O[C@@H]21)Oc1ccccc1Cl)OCc1ccc(C#N)cc1. The summed E-state index contributed by atoms with van der Waals surface area (Å²) < 4.78 is 114. The Morgan fingerprint density at radius 1 is 0.550 bits per heavy atom. The number of nitriles is 4. The molecule has 718 valence electrons. The average Bonchev–Trinajstić information content (AvgIpc) is 1.56. The number of hydrogen-bond donors (Lipinski definition) is 5. The van der Waals surface area contributed by atoms with E-state index in [1.54, 1.807) is 113 Å². The number of hydrogen-bond acceptors (Lipinski definition) is 28. The lowest BCUT2D eigenvalue weighted by atomic mass is 9.92. The molecule has 12 atom stereocenters. The topological polar surface area (TPSA) is 435 Å². The molecular formula is C96H137ClN12O20P2. The van der Waals surface area contributed by atoms with Crippen LogP contribution in [0, 0.1) is 45.3 Å². The van der Waals surface area contributed by atoms with Gasteiger partial charge < -0.3 is 68.0 Å². The minimum Gasteiger partial charge on any atom is -0.444 e. The second kappa shape index (κ2) is 55.0. The number of phosphoric acid groups is 2. The van der Waals surface area contributed by atoms with Crippen molar-refractivity contribution in [3.05, 3.63) is 148 Å². The first kappa shape index (κ1) is 107. The van der Waals surface area contributed by atoms with Gasteiger partial charge >= 0.3 is 21.7 Å². The van der Waals surface area contributed by atoms with Crippen LogP contribution in [0.25, 0.3) is 11.0 Å². The lowest BCUT2D eigenvalue weighted by molar-refractivity contribution is -0.204. The molecule has 1 amide bonds. The van der Waals surface area contributed by atoms with Crippen molar-refractivity contribution >= 4 is 56.0 Å². The summed E-state index contributed by atoms with van der Waals surface area (Å²) in [5.41, 5.74) is 4.83. The number of amides is 1. The Morgan fingerprint density at radius 2 is 0.992 bits per heavy atom. The van der Waals surface area contributed by atoms with Crippen molar-refractivity contribution in [2.45, 2.75) is 339 Å². The third kappa shape index (κ3) is 34.0. The summed E-state index contributed by atoms with van der Waals surface area (Å²) in [6.45, 7) is 12.9. The summed E-state index contributed by atoms with van der Waals surface area (Å²) >= 11 is 6.52. The van der Waals surface area contributed by atoms with Gasteiger partial charge in [0, 0.05) is 13.2 Å². The maximum absolute atomic E-state index is 14.9. The number of halogens is 1. The Kier molecular flexibility index (Phi) is 44.8. The Balaban J connectivity index is 0.000000305. The lowest BCUT2D eigenvalue weighted by Gasteiger charge is -2.29. The fourth-order valence-electron chi connectivity index (χ4n) is 15.9. The second-order valence-corrected chi connectivity index (χ2v) is 38.7. The van der Waals surface area contributed by atoms with Gasteiger partial charge in [0.25, 0.3) is 0 Å². The zero-order valence-corrected chi connectivity index (χ0v) is 79.9. The van der Waals surface area contributed by atoms with E-state index in [0.29, 0.717) is 35.4 Å². The van der Waals surface area contributed by atoms with E-state index in [9.17, 15) is 44.8 Å². The predicted molar refractivity (Wildman–Crippen MR) is 494 cm³/mol. The summed E-state index contributed by atoms with van der Waals surface area (Å²) in [6.07, 6.45) is 33.1. The molecule has 3 fully saturated rings. The van der Waals surface area contributed by atoms with Crippen molar-refractivity contribution in [2.75, 3.05) is 63.9 Å². The van der Waals surface area contributed by atoms with Gasteiger partial charge in [-0.25, -0.2) is 32.9 Å². The number of nitrogens with two attached hydrogens (primary N) is 1. The normalized spacial score (nSPS) is 20.6. The molecule has 32 nitrogen and oxygen atoms in total. The molecule has 35 heteroatoms. The van der Waals surface area contributed by atoms with Crippen molar-refractivity contribution in [1.82, 2.24) is 29.2 Å². The maximum Gasteiger partial charge on any atom is 0.530 e. The van der Waals surface area contributed by atoms with Crippen LogP contribution in [0.1, 0.15) is 288 Å². The van der Waals surface area contributed by atoms with Crippen molar-refractivity contribution in [1.29, 1.82) is 21.0 Å². The lowest BCUT2D eigenvalue weighted by Crippen LogP contribution is -2.41. The average molecular weight is 1880 g/mol. The van der Waals surface area contributed by atoms with Crippen LogP contribution < -0.4 is 15.6 Å². The van der Waals surface area contributed by atoms with Crippen LogP contribution in [0.5, 0.6) is 5.75 Å². The zero-order chi connectivity index (χ0) is 94.0. The number of unbranched alkanes of at least 4 members (excludes halogenated alkanes) is 30. The minimum atomic E-state index is -4.76. The van der Waals surface area contributed by atoms with E-state index in [4.69, 9.17) is 87.8 Å². The molecule has 10 rings (SSSR count). The smallest absolute Gasteiger partial charge is 0.444 e. The number of carbonyl (C=O) groups excluding carboxylic acids is 1. The van der Waals surface area contributed by atoms with Crippen LogP contribution in [0.15, 0.2) is 110 Å². The number of aliphatic hydroxyl groups is 2. The monoisotopic (exact) mass is 1870 g/mol. The van der Waals surface area contributed by atoms with Crippen molar-refractivity contribution < 1.29 is 94.3 Å². The Morgan fingerprint density at radius 3 is 1.47 bits per heavy atom. The second-order valence-electron chi connectivity index (χ2n) is 35.2. The molecule has 131 heavy (non-hydrogen) atoms. The number of para-hydroxylation sites is 1. The number of nitrogens with one attached hydrogen (secondary N) is 1. The standard InChI is InChI=1S/C55H76ClN6O11P.C41H61N6O9P/c1-7-8-9-10-11-12-13-14-15-16-17-18-19-20-21-24-33-65-36-43(66-35-42-29-27-41(34-57)28-30-42)37-67-74(64,73-46-26-23-22-25-44(46)56)68-38-47-49-50(71-54(5,6)70-49)55(39-58,69-47)48-32-31-45-51(59-40-60-62(45)48)61-52(63)72-53(2,3)4;1-2-3-4-5-6-7-8-9-10-11-12-13-14-15-16-17-24-52-27-34(53-26-33-20-18-32(25-42)19-21-33)28-54-57(50,51)55-29-36-38(48)39(49)41(30-43,56-36)37-23-22-35-40(44)45-31-46-47(35)37/h22-23,25-32,40,43,47,49-50H,7-21,24,33,35-38H2,1-6H3,(H,59,60,61,63);18-23,31,34,36,38-39,48-49H,2-17,24,26-29H2,1H3,(H,50,51)(H2,44,45,46)/t43-,47-,49-,50-,55+,74?;34-,36-,38-,39-,41+/m11/s1. The molecule has 7 aromatic rings. The summed E-state index contributed by atoms with van der Waals surface area (Å²) in [4.78, 5) is 31.5. The molecule has 2 unspecified atom stereocenters. The Bertz CT molecular complexity index is 4850. The van der Waals surface area contributed by atoms with Crippen LogP contribution in [-0.4, -0.2) is 163 Å². The molecule has 3 aliphatic rings. The van der Waals surface area contributed by atoms with E-state index in [1.165, 1.54) is 207 Å². The van der Waals surface area contributed by atoms with Crippen LogP contribution in [-0.2, 0) is 94.3 Å². The highest BCUT2D eigenvalue weighted by Gasteiger charge is 2.66. The molecule has 0 aliphatic carbocycles. The molecule has 7 heterocycles. The first-order chi connectivity index (χ1) is 63.2. The number of phosphoric ester groups is 2. The number of ether oxygens (including phenoxy) is 9. The van der Waals surface area contributed by atoms with Crippen molar-refractivity contribution in [3.63, 3.8) is 0 Å². The number of aromatic nitrogens is 6. The number of anilines is 2. The first-order valence-electron chi connectivity index (χ1n) is 46.8. The third-order valence-corrected chi connectivity index (χ3v) is 25.7. The van der Waals surface area contributed by atoms with Gasteiger partial charge in [0.05, 0.1) is 92.5 Å². The van der Waals surface area contributed by atoms with Gasteiger partial charge in [0.2, 0.25) is 11.2 Å². The van der Waals surface area contributed by atoms with E-state index < -0.39 is 106 Å². The quantitative estimate of drug-likeness (QED) is 0.0175. The number of aliphatic hydroxyl groups excluding tert-OH is 2. The van der Waals surface area contributed by atoms with Gasteiger partial charge in [-0.15, -0.1) is 0 Å². The van der Waals surface area contributed by atoms with E-state index in [0.717, 1.165) is 49.7 Å². The predicted octanol–water partition coefficient (Wildman–Crippen LogP) is 20.3. The number of nitrogen functional groups attached to an aromatic ring is 1. The fourth-order valence-corrected chi connectivity index (χ4v) is 18.2. The van der Waals surface area contributed by atoms with Gasteiger partial charge in [-0.1, -0.05) is 254 Å². The first-order valence-corrected chi connectivity index (χ1v) is 50.2. The molecule has 0 bridgehead atoms. The van der Waals surface area contributed by atoms with Gasteiger partial charge in [-0.05, 0) is 119 Å². The van der Waals surface area contributed by atoms with Crippen LogP contribution in [0.2, 0.25) is 5.02 Å². The molecule has 3 aliphatic heterocycles. The fraction of sp³-hybridized carbons (Fsp3) is 0.635. The van der Waals surface area contributed by atoms with E-state index in [1.807, 2.05) is 6.07 Å². The van der Waals surface area contributed by atoms with E-state index in [2.05, 4.69) is 57.5 Å². The number of nitrogens with zero attached hydrogens (tertiary/aromatic N) is 10. The van der Waals surface area contributed by atoms with Crippen LogP contribution in [0.4, 0.5) is 16.4 Å². The Labute approximate surface area is 777 Å². The van der Waals surface area contributed by atoms with Gasteiger partial charge in [0.1, 0.15) is 96.0 Å². The van der Waals surface area contributed by atoms with Gasteiger partial charge in [-0.3, -0.25) is 23.4 Å². The molecule has 0 saturated carbocycles.